The number of nitrogens with one attached hydrogen (secondary N) is 1. The van der Waals surface area contributed by atoms with E-state index in [2.05, 4.69) is 14.7 Å². The summed E-state index contributed by atoms with van der Waals surface area (Å²) in [6.07, 6.45) is 1.53. The van der Waals surface area contributed by atoms with E-state index >= 15 is 0 Å². The van der Waals surface area contributed by atoms with Crippen LogP contribution in [-0.4, -0.2) is 143 Å². The van der Waals surface area contributed by atoms with Gasteiger partial charge in [-0.3, -0.25) is 24.9 Å². The van der Waals surface area contributed by atoms with E-state index in [9.17, 15) is 14.4 Å². The maximum absolute atomic E-state index is 12.6. The monoisotopic (exact) mass is 553 g/mol. The minimum absolute atomic E-state index is 0.0458. The van der Waals surface area contributed by atoms with Gasteiger partial charge in [0.2, 0.25) is 0 Å². The second-order valence-corrected chi connectivity index (χ2v) is 11.7. The van der Waals surface area contributed by atoms with Crippen molar-refractivity contribution >= 4 is 24.0 Å². The molecule has 3 saturated heterocycles. The van der Waals surface area contributed by atoms with Crippen LogP contribution in [0.4, 0.5) is 9.59 Å². The summed E-state index contributed by atoms with van der Waals surface area (Å²) in [7, 11) is 0. The van der Waals surface area contributed by atoms with Crippen molar-refractivity contribution in [1.82, 2.24) is 24.5 Å². The Hall–Kier alpha value is -2.64. The van der Waals surface area contributed by atoms with Gasteiger partial charge >= 0.3 is 18.2 Å². The number of carbonyl (C=O) groups is 3. The molecule has 3 fully saturated rings. The summed E-state index contributed by atoms with van der Waals surface area (Å²) in [5.74, 6) is -0.812. The van der Waals surface area contributed by atoms with E-state index in [1.807, 2.05) is 32.6 Å². The van der Waals surface area contributed by atoms with Crippen LogP contribution in [0.1, 0.15) is 53.4 Å². The van der Waals surface area contributed by atoms with E-state index < -0.39 is 23.7 Å². The van der Waals surface area contributed by atoms with Crippen molar-refractivity contribution < 1.29 is 29.0 Å². The number of ether oxygens (including phenoxy) is 2. The van der Waals surface area contributed by atoms with E-state index in [0.29, 0.717) is 32.6 Å². The second-order valence-electron chi connectivity index (χ2n) is 11.7. The van der Waals surface area contributed by atoms with Gasteiger partial charge in [0.05, 0.1) is 6.04 Å². The smallest absolute Gasteiger partial charge is 0.411 e. The number of amides is 2. The highest BCUT2D eigenvalue weighted by atomic mass is 16.6. The first kappa shape index (κ1) is 30.9. The second kappa shape index (κ2) is 13.6. The Morgan fingerprint density at radius 3 is 2.26 bits per heavy atom. The molecule has 0 saturated carbocycles. The van der Waals surface area contributed by atoms with Crippen LogP contribution in [0.3, 0.4) is 0 Å². The summed E-state index contributed by atoms with van der Waals surface area (Å²) >= 11 is 0. The van der Waals surface area contributed by atoms with Crippen LogP contribution in [0.2, 0.25) is 0 Å². The van der Waals surface area contributed by atoms with E-state index in [-0.39, 0.29) is 30.6 Å². The molecule has 222 valence electrons. The molecule has 0 radical (unpaired) electrons. The molecule has 3 rings (SSSR count). The van der Waals surface area contributed by atoms with Crippen LogP contribution >= 0.6 is 0 Å². The Balaban J connectivity index is 1.39. The van der Waals surface area contributed by atoms with Crippen molar-refractivity contribution in [3.05, 3.63) is 0 Å². The standard InChI is InChI=1S/C26H47N7O6/c1-19-23(31-15-12-29(13-16-31)10-7-8-21(34)35)38-24(36)32(19)11-6-5-9-30-14-17-33(20(18-30)22(27)28)25(37)39-26(2,3)4/h19-20,23H,5-18H2,1-4H3,(H3,27,28)(H,34,35). The molecular weight excluding hydrogens is 506 g/mol. The SMILES string of the molecule is CC1C(N2CCN(CCCC(=O)O)CC2)OC(=O)N1CCCCN1CCN(C(=O)OC(C)(C)C)C(C(=N)N)C1. The van der Waals surface area contributed by atoms with Gasteiger partial charge in [-0.25, -0.2) is 9.59 Å². The summed E-state index contributed by atoms with van der Waals surface area (Å²) in [6.45, 7) is 14.5. The van der Waals surface area contributed by atoms with Crippen molar-refractivity contribution in [2.24, 2.45) is 5.73 Å². The maximum Gasteiger partial charge on any atom is 0.411 e. The molecule has 0 bridgehead atoms. The van der Waals surface area contributed by atoms with Gasteiger partial charge in [-0.15, -0.1) is 0 Å². The summed E-state index contributed by atoms with van der Waals surface area (Å²) in [6, 6.07) is -0.559. The number of rotatable bonds is 11. The number of unbranched alkanes of at least 4 members (excludes halogenated alkanes) is 1. The lowest BCUT2D eigenvalue weighted by Gasteiger charge is -2.41. The Bertz CT molecular complexity index is 873. The molecule has 13 nitrogen and oxygen atoms in total. The number of nitrogens with zero attached hydrogens (tertiary/aromatic N) is 5. The number of hydrogen-bond donors (Lipinski definition) is 3. The average molecular weight is 554 g/mol. The number of nitrogens with two attached hydrogens (primary N) is 1. The van der Waals surface area contributed by atoms with E-state index in [1.54, 1.807) is 4.90 Å². The van der Waals surface area contributed by atoms with Crippen molar-refractivity contribution in [2.45, 2.75) is 77.3 Å². The fraction of sp³-hybridized carbons (Fsp3) is 0.846. The van der Waals surface area contributed by atoms with Gasteiger partial charge in [-0.2, -0.15) is 0 Å². The average Bonchev–Trinajstić information content (AvgIpc) is 3.14. The quantitative estimate of drug-likeness (QED) is 0.193. The molecule has 3 unspecified atom stereocenters. The zero-order chi connectivity index (χ0) is 28.7. The highest BCUT2D eigenvalue weighted by molar-refractivity contribution is 5.87. The van der Waals surface area contributed by atoms with Gasteiger partial charge in [0, 0.05) is 58.8 Å². The van der Waals surface area contributed by atoms with Crippen LogP contribution in [0.15, 0.2) is 0 Å². The van der Waals surface area contributed by atoms with Crippen LogP contribution in [0, 0.1) is 5.41 Å². The Labute approximate surface area is 231 Å². The summed E-state index contributed by atoms with van der Waals surface area (Å²) < 4.78 is 11.2. The fourth-order valence-electron chi connectivity index (χ4n) is 5.42. The first-order valence-electron chi connectivity index (χ1n) is 14.1. The number of hydrogen-bond acceptors (Lipinski definition) is 9. The lowest BCUT2D eigenvalue weighted by Crippen LogP contribution is -2.60. The molecule has 0 aliphatic carbocycles. The number of carbonyl (C=O) groups excluding carboxylic acids is 2. The highest BCUT2D eigenvalue weighted by Crippen LogP contribution is 2.24. The van der Waals surface area contributed by atoms with E-state index in [0.717, 1.165) is 52.1 Å². The van der Waals surface area contributed by atoms with Crippen molar-refractivity contribution in [3.63, 3.8) is 0 Å². The molecule has 0 aromatic heterocycles. The molecule has 0 aromatic rings. The molecule has 4 N–H and O–H groups in total. The van der Waals surface area contributed by atoms with E-state index in [4.69, 9.17) is 25.7 Å². The normalized spacial score (nSPS) is 25.5. The molecular formula is C26H47N7O6. The van der Waals surface area contributed by atoms with Gasteiger partial charge in [0.1, 0.15) is 17.5 Å². The molecule has 0 aromatic carbocycles. The predicted molar refractivity (Wildman–Crippen MR) is 146 cm³/mol. The van der Waals surface area contributed by atoms with Gasteiger partial charge in [-0.05, 0) is 60.0 Å². The molecule has 3 atom stereocenters. The summed E-state index contributed by atoms with van der Waals surface area (Å²) in [5, 5.41) is 16.8. The lowest BCUT2D eigenvalue weighted by molar-refractivity contribution is -0.137. The first-order chi connectivity index (χ1) is 18.4. The number of carboxylic acids is 1. The van der Waals surface area contributed by atoms with Gasteiger partial charge in [0.15, 0.2) is 6.23 Å². The lowest BCUT2D eigenvalue weighted by atomic mass is 10.1. The minimum Gasteiger partial charge on any atom is -0.481 e. The molecule has 3 aliphatic heterocycles. The number of cyclic esters (lactones) is 1. The number of aliphatic carboxylic acids is 1. The molecule has 0 spiro atoms. The molecule has 3 heterocycles. The Morgan fingerprint density at radius 2 is 1.64 bits per heavy atom. The van der Waals surface area contributed by atoms with Crippen LogP contribution in [0.5, 0.6) is 0 Å². The van der Waals surface area contributed by atoms with Crippen molar-refractivity contribution in [3.8, 4) is 0 Å². The first-order valence-corrected chi connectivity index (χ1v) is 14.1. The van der Waals surface area contributed by atoms with Gasteiger partial charge < -0.3 is 30.1 Å². The largest absolute Gasteiger partial charge is 0.481 e. The number of amidine groups is 1. The summed E-state index contributed by atoms with van der Waals surface area (Å²) in [5.41, 5.74) is 5.21. The zero-order valence-electron chi connectivity index (χ0n) is 23.9. The van der Waals surface area contributed by atoms with Crippen LogP contribution in [-0.2, 0) is 14.3 Å². The third-order valence-electron chi connectivity index (χ3n) is 7.57. The van der Waals surface area contributed by atoms with Crippen molar-refractivity contribution in [1.29, 1.82) is 5.41 Å². The predicted octanol–water partition coefficient (Wildman–Crippen LogP) is 1.27. The third-order valence-corrected chi connectivity index (χ3v) is 7.57. The van der Waals surface area contributed by atoms with Gasteiger partial charge in [0.25, 0.3) is 0 Å². The van der Waals surface area contributed by atoms with Gasteiger partial charge in [-0.1, -0.05) is 0 Å². The minimum atomic E-state index is -0.763. The van der Waals surface area contributed by atoms with Crippen molar-refractivity contribution in [2.75, 3.05) is 65.4 Å². The Kier molecular flexibility index (Phi) is 10.8. The molecule has 2 amide bonds. The third kappa shape index (κ3) is 8.94. The zero-order valence-corrected chi connectivity index (χ0v) is 23.9. The Morgan fingerprint density at radius 1 is 1.03 bits per heavy atom. The maximum atomic E-state index is 12.6. The molecule has 39 heavy (non-hydrogen) atoms. The fourth-order valence-corrected chi connectivity index (χ4v) is 5.42. The van der Waals surface area contributed by atoms with Crippen LogP contribution in [0.25, 0.3) is 0 Å². The van der Waals surface area contributed by atoms with E-state index in [1.165, 1.54) is 0 Å². The number of piperazine rings is 2. The summed E-state index contributed by atoms with van der Waals surface area (Å²) in [4.78, 5) is 46.0. The molecule has 13 heteroatoms. The number of carboxylic acid groups (broad SMARTS) is 1. The van der Waals surface area contributed by atoms with Crippen LogP contribution < -0.4 is 5.73 Å². The topological polar surface area (TPSA) is 156 Å². The molecule has 3 aliphatic rings. The highest BCUT2D eigenvalue weighted by Gasteiger charge is 2.42.